The first-order valence-corrected chi connectivity index (χ1v) is 6.15. The SMILES string of the molecule is CC1CCCC(Nc2ccc(F)cc2C#N)C1. The molecule has 0 spiro atoms. The maximum absolute atomic E-state index is 13.0. The molecule has 1 aliphatic rings. The topological polar surface area (TPSA) is 35.8 Å². The van der Waals surface area contributed by atoms with Crippen LogP contribution in [0, 0.1) is 23.1 Å². The summed E-state index contributed by atoms with van der Waals surface area (Å²) in [6.45, 7) is 2.25. The molecule has 1 fully saturated rings. The minimum atomic E-state index is -0.357. The van der Waals surface area contributed by atoms with Gasteiger partial charge in [-0.1, -0.05) is 19.8 Å². The average molecular weight is 232 g/mol. The van der Waals surface area contributed by atoms with E-state index < -0.39 is 0 Å². The fourth-order valence-corrected chi connectivity index (χ4v) is 2.52. The highest BCUT2D eigenvalue weighted by atomic mass is 19.1. The minimum Gasteiger partial charge on any atom is -0.381 e. The molecule has 1 aromatic carbocycles. The van der Waals surface area contributed by atoms with Gasteiger partial charge in [0.15, 0.2) is 0 Å². The molecule has 0 aromatic heterocycles. The third kappa shape index (κ3) is 2.97. The predicted molar refractivity (Wildman–Crippen MR) is 66.2 cm³/mol. The molecule has 1 aromatic rings. The number of nitrogens with one attached hydrogen (secondary N) is 1. The Morgan fingerprint density at radius 3 is 2.94 bits per heavy atom. The summed E-state index contributed by atoms with van der Waals surface area (Å²) in [6, 6.07) is 6.79. The lowest BCUT2D eigenvalue weighted by molar-refractivity contribution is 0.358. The van der Waals surface area contributed by atoms with Crippen molar-refractivity contribution in [3.05, 3.63) is 29.6 Å². The molecule has 0 heterocycles. The van der Waals surface area contributed by atoms with Crippen LogP contribution in [0.2, 0.25) is 0 Å². The van der Waals surface area contributed by atoms with Gasteiger partial charge in [0.2, 0.25) is 0 Å². The molecule has 90 valence electrons. The van der Waals surface area contributed by atoms with Gasteiger partial charge in [-0.05, 0) is 37.0 Å². The highest BCUT2D eigenvalue weighted by Crippen LogP contribution is 2.27. The molecule has 1 saturated carbocycles. The largest absolute Gasteiger partial charge is 0.381 e. The van der Waals surface area contributed by atoms with E-state index in [-0.39, 0.29) is 5.82 Å². The highest BCUT2D eigenvalue weighted by molar-refractivity contribution is 5.57. The van der Waals surface area contributed by atoms with E-state index in [9.17, 15) is 4.39 Å². The summed E-state index contributed by atoms with van der Waals surface area (Å²) in [7, 11) is 0. The number of nitrogens with zero attached hydrogens (tertiary/aromatic N) is 1. The third-order valence-electron chi connectivity index (χ3n) is 3.40. The van der Waals surface area contributed by atoms with Crippen LogP contribution in [0.15, 0.2) is 18.2 Å². The molecular weight excluding hydrogens is 215 g/mol. The van der Waals surface area contributed by atoms with E-state index in [0.29, 0.717) is 11.6 Å². The molecule has 0 bridgehead atoms. The molecule has 17 heavy (non-hydrogen) atoms. The van der Waals surface area contributed by atoms with E-state index in [1.54, 1.807) is 6.07 Å². The average Bonchev–Trinajstić information content (AvgIpc) is 2.31. The Balaban J connectivity index is 2.10. The van der Waals surface area contributed by atoms with Crippen molar-refractivity contribution >= 4 is 5.69 Å². The van der Waals surface area contributed by atoms with E-state index in [1.165, 1.54) is 25.0 Å². The molecule has 1 aliphatic carbocycles. The van der Waals surface area contributed by atoms with Crippen LogP contribution >= 0.6 is 0 Å². The van der Waals surface area contributed by atoms with Crippen molar-refractivity contribution in [2.45, 2.75) is 38.6 Å². The summed E-state index contributed by atoms with van der Waals surface area (Å²) in [5.74, 6) is 0.372. The van der Waals surface area contributed by atoms with E-state index in [2.05, 4.69) is 12.2 Å². The normalized spacial score (nSPS) is 24.1. The second-order valence-electron chi connectivity index (χ2n) is 4.91. The van der Waals surface area contributed by atoms with Crippen molar-refractivity contribution < 1.29 is 4.39 Å². The zero-order chi connectivity index (χ0) is 12.3. The van der Waals surface area contributed by atoms with Crippen molar-refractivity contribution in [2.24, 2.45) is 5.92 Å². The molecule has 0 aliphatic heterocycles. The maximum Gasteiger partial charge on any atom is 0.124 e. The predicted octanol–water partition coefficient (Wildman–Crippen LogP) is 3.69. The van der Waals surface area contributed by atoms with E-state index >= 15 is 0 Å². The van der Waals surface area contributed by atoms with Crippen molar-refractivity contribution in [3.63, 3.8) is 0 Å². The van der Waals surface area contributed by atoms with Gasteiger partial charge in [0.05, 0.1) is 11.3 Å². The van der Waals surface area contributed by atoms with Crippen LogP contribution in [-0.4, -0.2) is 6.04 Å². The van der Waals surface area contributed by atoms with Crippen molar-refractivity contribution in [2.75, 3.05) is 5.32 Å². The quantitative estimate of drug-likeness (QED) is 0.844. The van der Waals surface area contributed by atoms with Gasteiger partial charge in [0.1, 0.15) is 11.9 Å². The van der Waals surface area contributed by atoms with Gasteiger partial charge in [-0.15, -0.1) is 0 Å². The second-order valence-corrected chi connectivity index (χ2v) is 4.91. The first-order valence-electron chi connectivity index (χ1n) is 6.15. The summed E-state index contributed by atoms with van der Waals surface area (Å²) in [5.41, 5.74) is 1.15. The number of benzene rings is 1. The molecule has 1 N–H and O–H groups in total. The van der Waals surface area contributed by atoms with E-state index in [0.717, 1.165) is 24.4 Å². The standard InChI is InChI=1S/C14H17FN2/c1-10-3-2-4-13(7-10)17-14-6-5-12(15)8-11(14)9-16/h5-6,8,10,13,17H,2-4,7H2,1H3. The lowest BCUT2D eigenvalue weighted by Crippen LogP contribution is -2.26. The third-order valence-corrected chi connectivity index (χ3v) is 3.40. The number of rotatable bonds is 2. The molecule has 2 unspecified atom stereocenters. The summed E-state index contributed by atoms with van der Waals surface area (Å²) >= 11 is 0. The number of anilines is 1. The fraction of sp³-hybridized carbons (Fsp3) is 0.500. The van der Waals surface area contributed by atoms with E-state index in [1.807, 2.05) is 6.07 Å². The Bertz CT molecular complexity index is 436. The van der Waals surface area contributed by atoms with Gasteiger partial charge >= 0.3 is 0 Å². The highest BCUT2D eigenvalue weighted by Gasteiger charge is 2.19. The Kier molecular flexibility index (Phi) is 3.63. The van der Waals surface area contributed by atoms with Gasteiger partial charge < -0.3 is 5.32 Å². The monoisotopic (exact) mass is 232 g/mol. The molecular formula is C14H17FN2. The second kappa shape index (κ2) is 5.18. The Labute approximate surface area is 101 Å². The van der Waals surface area contributed by atoms with Crippen LogP contribution in [0.5, 0.6) is 0 Å². The molecule has 0 radical (unpaired) electrons. The van der Waals surface area contributed by atoms with Crippen molar-refractivity contribution in [1.29, 1.82) is 5.26 Å². The number of nitriles is 1. The van der Waals surface area contributed by atoms with Crippen LogP contribution in [0.4, 0.5) is 10.1 Å². The number of hydrogen-bond acceptors (Lipinski definition) is 2. The summed E-state index contributed by atoms with van der Waals surface area (Å²) in [4.78, 5) is 0. The van der Waals surface area contributed by atoms with Gasteiger partial charge in [0, 0.05) is 6.04 Å². The molecule has 2 nitrogen and oxygen atoms in total. The Hall–Kier alpha value is -1.56. The van der Waals surface area contributed by atoms with Crippen LogP contribution in [0.3, 0.4) is 0 Å². The minimum absolute atomic E-state index is 0.357. The van der Waals surface area contributed by atoms with E-state index in [4.69, 9.17) is 5.26 Å². The number of hydrogen-bond donors (Lipinski definition) is 1. The first-order chi connectivity index (χ1) is 8.19. The molecule has 0 saturated heterocycles. The van der Waals surface area contributed by atoms with Crippen LogP contribution in [0.1, 0.15) is 38.2 Å². The summed E-state index contributed by atoms with van der Waals surface area (Å²) in [5, 5.41) is 12.3. The Morgan fingerprint density at radius 1 is 1.41 bits per heavy atom. The zero-order valence-corrected chi connectivity index (χ0v) is 10.0. The van der Waals surface area contributed by atoms with Crippen molar-refractivity contribution in [3.8, 4) is 6.07 Å². The van der Waals surface area contributed by atoms with Gasteiger partial charge in [-0.25, -0.2) is 4.39 Å². The van der Waals surface area contributed by atoms with Crippen LogP contribution < -0.4 is 5.32 Å². The van der Waals surface area contributed by atoms with Gasteiger partial charge in [-0.3, -0.25) is 0 Å². The smallest absolute Gasteiger partial charge is 0.124 e. The molecule has 3 heteroatoms. The van der Waals surface area contributed by atoms with Crippen molar-refractivity contribution in [1.82, 2.24) is 0 Å². The summed E-state index contributed by atoms with van der Waals surface area (Å²) in [6.07, 6.45) is 4.77. The van der Waals surface area contributed by atoms with Gasteiger partial charge in [-0.2, -0.15) is 5.26 Å². The fourth-order valence-electron chi connectivity index (χ4n) is 2.52. The first kappa shape index (κ1) is 11.9. The lowest BCUT2D eigenvalue weighted by atomic mass is 9.87. The number of halogens is 1. The summed E-state index contributed by atoms with van der Waals surface area (Å²) < 4.78 is 13.0. The molecule has 0 amide bonds. The maximum atomic E-state index is 13.0. The molecule has 2 rings (SSSR count). The zero-order valence-electron chi connectivity index (χ0n) is 10.0. The van der Waals surface area contributed by atoms with Gasteiger partial charge in [0.25, 0.3) is 0 Å². The lowest BCUT2D eigenvalue weighted by Gasteiger charge is -2.28. The Morgan fingerprint density at radius 2 is 2.24 bits per heavy atom. The van der Waals surface area contributed by atoms with Crippen LogP contribution in [-0.2, 0) is 0 Å². The molecule has 2 atom stereocenters. The van der Waals surface area contributed by atoms with Crippen LogP contribution in [0.25, 0.3) is 0 Å².